The van der Waals surface area contributed by atoms with Crippen LogP contribution in [-0.2, 0) is 11.3 Å². The maximum atomic E-state index is 12.7. The highest BCUT2D eigenvalue weighted by Crippen LogP contribution is 2.27. The number of hydrogen-bond donors (Lipinski definition) is 2. The molecular formula is C26H24BrClN6OS. The fourth-order valence-corrected chi connectivity index (χ4v) is 4.91. The Morgan fingerprint density at radius 3 is 2.69 bits per heavy atom. The molecule has 4 aromatic rings. The summed E-state index contributed by atoms with van der Waals surface area (Å²) in [5.74, 6) is 0.489. The Kier molecular flexibility index (Phi) is 8.79. The van der Waals surface area contributed by atoms with Crippen LogP contribution in [0.15, 0.2) is 87.5 Å². The van der Waals surface area contributed by atoms with Crippen molar-refractivity contribution in [3.8, 4) is 5.69 Å². The Hall–Kier alpha value is -3.14. The van der Waals surface area contributed by atoms with Gasteiger partial charge in [0.1, 0.15) is 0 Å². The van der Waals surface area contributed by atoms with Gasteiger partial charge in [0.25, 0.3) is 5.91 Å². The summed E-state index contributed by atoms with van der Waals surface area (Å²) in [6.07, 6.45) is 1.61. The van der Waals surface area contributed by atoms with E-state index < -0.39 is 5.25 Å². The number of para-hydroxylation sites is 1. The number of thioether (sulfide) groups is 1. The van der Waals surface area contributed by atoms with Crippen molar-refractivity contribution in [3.05, 3.63) is 99.2 Å². The zero-order valence-corrected chi connectivity index (χ0v) is 22.8. The maximum absolute atomic E-state index is 12.7. The normalized spacial score (nSPS) is 12.0. The number of anilines is 1. The van der Waals surface area contributed by atoms with Gasteiger partial charge in [0.15, 0.2) is 11.0 Å². The predicted molar refractivity (Wildman–Crippen MR) is 150 cm³/mol. The first-order valence-corrected chi connectivity index (χ1v) is 13.2. The summed E-state index contributed by atoms with van der Waals surface area (Å²) in [4.78, 5) is 12.7. The molecule has 184 valence electrons. The average Bonchev–Trinajstić information content (AvgIpc) is 3.26. The standard InChI is InChI=1S/C26H24BrClN6OS/c1-17-13-21(28)11-12-23(17)29-16-24-31-33-26(34(24)22-9-4-3-5-10-22)36-18(2)25(35)32-30-15-19-7-6-8-20(27)14-19/h3-15,18,29H,16H2,1-2H3,(H,32,35)/b30-15-. The van der Waals surface area contributed by atoms with Crippen molar-refractivity contribution in [3.63, 3.8) is 0 Å². The molecule has 1 unspecified atom stereocenters. The number of carbonyl (C=O) groups excluding carboxylic acids is 1. The number of aryl methyl sites for hydroxylation is 1. The highest BCUT2D eigenvalue weighted by atomic mass is 79.9. The van der Waals surface area contributed by atoms with E-state index in [9.17, 15) is 4.79 Å². The van der Waals surface area contributed by atoms with Crippen LogP contribution in [0.1, 0.15) is 23.9 Å². The van der Waals surface area contributed by atoms with Gasteiger partial charge in [-0.1, -0.05) is 69.6 Å². The van der Waals surface area contributed by atoms with E-state index in [1.54, 1.807) is 6.21 Å². The van der Waals surface area contributed by atoms with Crippen molar-refractivity contribution in [2.75, 3.05) is 5.32 Å². The summed E-state index contributed by atoms with van der Waals surface area (Å²) in [6.45, 7) is 4.26. The van der Waals surface area contributed by atoms with Crippen LogP contribution in [0, 0.1) is 6.92 Å². The number of benzene rings is 3. The minimum atomic E-state index is -0.448. The third-order valence-electron chi connectivity index (χ3n) is 5.23. The van der Waals surface area contributed by atoms with Crippen molar-refractivity contribution in [1.82, 2.24) is 20.2 Å². The molecule has 0 saturated heterocycles. The Morgan fingerprint density at radius 1 is 1.14 bits per heavy atom. The van der Waals surface area contributed by atoms with Crippen LogP contribution >= 0.6 is 39.3 Å². The molecule has 3 aromatic carbocycles. The maximum Gasteiger partial charge on any atom is 0.253 e. The van der Waals surface area contributed by atoms with Gasteiger partial charge < -0.3 is 5.32 Å². The van der Waals surface area contributed by atoms with E-state index in [4.69, 9.17) is 11.6 Å². The molecular weight excluding hydrogens is 560 g/mol. The Bertz CT molecular complexity index is 1380. The number of nitrogens with zero attached hydrogens (tertiary/aromatic N) is 4. The van der Waals surface area contributed by atoms with Crippen molar-refractivity contribution in [2.45, 2.75) is 30.8 Å². The molecule has 1 aromatic heterocycles. The van der Waals surface area contributed by atoms with Gasteiger partial charge in [-0.3, -0.25) is 9.36 Å². The number of aromatic nitrogens is 3. The summed E-state index contributed by atoms with van der Waals surface area (Å²) < 4.78 is 2.90. The first-order valence-electron chi connectivity index (χ1n) is 11.2. The van der Waals surface area contributed by atoms with Gasteiger partial charge in [0.2, 0.25) is 0 Å². The smallest absolute Gasteiger partial charge is 0.253 e. The van der Waals surface area contributed by atoms with Gasteiger partial charge in [-0.05, 0) is 67.4 Å². The molecule has 0 radical (unpaired) electrons. The van der Waals surface area contributed by atoms with Gasteiger partial charge in [0.05, 0.1) is 18.0 Å². The third-order valence-corrected chi connectivity index (χ3v) is 7.00. The van der Waals surface area contributed by atoms with E-state index in [0.29, 0.717) is 16.7 Å². The molecule has 1 atom stereocenters. The first-order chi connectivity index (χ1) is 17.4. The molecule has 0 aliphatic rings. The number of hydrogen-bond acceptors (Lipinski definition) is 6. The van der Waals surface area contributed by atoms with Crippen LogP contribution in [-0.4, -0.2) is 32.1 Å². The Morgan fingerprint density at radius 2 is 1.94 bits per heavy atom. The molecule has 4 rings (SSSR count). The van der Waals surface area contributed by atoms with Crippen LogP contribution < -0.4 is 10.7 Å². The number of rotatable bonds is 9. The lowest BCUT2D eigenvalue weighted by atomic mass is 10.2. The van der Waals surface area contributed by atoms with E-state index in [1.165, 1.54) is 11.8 Å². The van der Waals surface area contributed by atoms with Gasteiger partial charge in [-0.15, -0.1) is 10.2 Å². The number of nitrogens with one attached hydrogen (secondary N) is 2. The molecule has 0 spiro atoms. The first kappa shape index (κ1) is 25.9. The SMILES string of the molecule is Cc1cc(Cl)ccc1NCc1nnc(SC(C)C(=O)N/N=C\c2cccc(Br)c2)n1-c1ccccc1. The highest BCUT2D eigenvalue weighted by molar-refractivity contribution is 9.10. The molecule has 0 saturated carbocycles. The lowest BCUT2D eigenvalue weighted by Gasteiger charge is -2.14. The van der Waals surface area contributed by atoms with Crippen LogP contribution in [0.25, 0.3) is 5.69 Å². The minimum Gasteiger partial charge on any atom is -0.378 e. The van der Waals surface area contributed by atoms with Crippen LogP contribution in [0.2, 0.25) is 5.02 Å². The molecule has 0 aliphatic heterocycles. The molecule has 10 heteroatoms. The number of hydrazone groups is 1. The lowest BCUT2D eigenvalue weighted by Crippen LogP contribution is -2.27. The Labute approximate surface area is 227 Å². The topological polar surface area (TPSA) is 84.2 Å². The average molecular weight is 584 g/mol. The van der Waals surface area contributed by atoms with Crippen molar-refractivity contribution >= 4 is 57.1 Å². The molecule has 7 nitrogen and oxygen atoms in total. The minimum absolute atomic E-state index is 0.231. The quantitative estimate of drug-likeness (QED) is 0.139. The van der Waals surface area contributed by atoms with E-state index in [1.807, 2.05) is 91.2 Å². The Balaban J connectivity index is 1.48. The zero-order chi connectivity index (χ0) is 25.5. The largest absolute Gasteiger partial charge is 0.378 e. The number of amides is 1. The second-order valence-corrected chi connectivity index (χ2v) is 10.6. The zero-order valence-electron chi connectivity index (χ0n) is 19.7. The van der Waals surface area contributed by atoms with E-state index in [2.05, 4.69) is 42.0 Å². The van der Waals surface area contributed by atoms with Crippen molar-refractivity contribution < 1.29 is 4.79 Å². The summed E-state index contributed by atoms with van der Waals surface area (Å²) in [5.41, 5.74) is 6.40. The molecule has 0 fully saturated rings. The lowest BCUT2D eigenvalue weighted by molar-refractivity contribution is -0.120. The fourth-order valence-electron chi connectivity index (χ4n) is 3.39. The van der Waals surface area contributed by atoms with Gasteiger partial charge in [-0.2, -0.15) is 5.10 Å². The van der Waals surface area contributed by atoms with E-state index >= 15 is 0 Å². The predicted octanol–water partition coefficient (Wildman–Crippen LogP) is 6.23. The second kappa shape index (κ2) is 12.2. The van der Waals surface area contributed by atoms with Crippen molar-refractivity contribution in [2.24, 2.45) is 5.10 Å². The second-order valence-electron chi connectivity index (χ2n) is 7.93. The monoisotopic (exact) mass is 582 g/mol. The third kappa shape index (κ3) is 6.75. The molecule has 2 N–H and O–H groups in total. The molecule has 36 heavy (non-hydrogen) atoms. The molecule has 1 amide bonds. The molecule has 1 heterocycles. The van der Waals surface area contributed by atoms with Crippen LogP contribution in [0.3, 0.4) is 0 Å². The van der Waals surface area contributed by atoms with Gasteiger partial charge >= 0.3 is 0 Å². The van der Waals surface area contributed by atoms with Gasteiger partial charge in [0, 0.05) is 20.9 Å². The van der Waals surface area contributed by atoms with Crippen LogP contribution in [0.5, 0.6) is 0 Å². The molecule has 0 aliphatic carbocycles. The molecule has 0 bridgehead atoms. The fraction of sp³-hybridized carbons (Fsp3) is 0.154. The van der Waals surface area contributed by atoms with Crippen LogP contribution in [0.4, 0.5) is 5.69 Å². The van der Waals surface area contributed by atoms with Crippen molar-refractivity contribution in [1.29, 1.82) is 0 Å². The summed E-state index contributed by atoms with van der Waals surface area (Å²) in [5, 5.41) is 17.2. The summed E-state index contributed by atoms with van der Waals surface area (Å²) >= 11 is 10.8. The summed E-state index contributed by atoms with van der Waals surface area (Å²) in [6, 6.07) is 23.2. The van der Waals surface area contributed by atoms with E-state index in [-0.39, 0.29) is 5.91 Å². The number of halogens is 2. The summed E-state index contributed by atoms with van der Waals surface area (Å²) in [7, 11) is 0. The highest BCUT2D eigenvalue weighted by Gasteiger charge is 2.21. The van der Waals surface area contributed by atoms with Gasteiger partial charge in [-0.25, -0.2) is 5.43 Å². The number of carbonyl (C=O) groups is 1. The van der Waals surface area contributed by atoms with E-state index in [0.717, 1.165) is 32.8 Å².